The fourth-order valence-electron chi connectivity index (χ4n) is 5.14. The molecule has 4 heterocycles. The minimum atomic E-state index is -0.238. The van der Waals surface area contributed by atoms with Gasteiger partial charge in [0.2, 0.25) is 0 Å². The molecule has 10 heteroatoms. The van der Waals surface area contributed by atoms with Crippen LogP contribution in [0, 0.1) is 0 Å². The molecule has 0 aliphatic heterocycles. The number of hydrogen-bond donors (Lipinski definition) is 6. The number of nitrogens with zero attached hydrogens (tertiary/aromatic N) is 1. The maximum atomic E-state index is 11.7. The Labute approximate surface area is 226 Å². The number of nitrogens with one attached hydrogen (secondary N) is 6. The summed E-state index contributed by atoms with van der Waals surface area (Å²) in [6, 6.07) is 21.5. The molecule has 1 atom stereocenters. The van der Waals surface area contributed by atoms with E-state index < -0.39 is 0 Å². The zero-order valence-corrected chi connectivity index (χ0v) is 21.2. The van der Waals surface area contributed by atoms with E-state index in [1.54, 1.807) is 12.4 Å². The van der Waals surface area contributed by atoms with Gasteiger partial charge in [0.25, 0.3) is 0 Å². The average molecular weight is 532 g/mol. The molecule has 0 bridgehead atoms. The zero-order valence-electron chi connectivity index (χ0n) is 21.2. The molecule has 0 aliphatic carbocycles. The second-order valence-corrected chi connectivity index (χ2v) is 9.80. The lowest BCUT2D eigenvalue weighted by atomic mass is 10.0. The van der Waals surface area contributed by atoms with E-state index in [-0.39, 0.29) is 17.4 Å². The highest BCUT2D eigenvalue weighted by Crippen LogP contribution is 2.26. The minimum absolute atomic E-state index is 0.0905. The Hall–Kier alpha value is -5.51. The van der Waals surface area contributed by atoms with Crippen LogP contribution < -0.4 is 21.4 Å². The van der Waals surface area contributed by atoms with Gasteiger partial charge in [0.05, 0.1) is 34.3 Å². The summed E-state index contributed by atoms with van der Waals surface area (Å²) in [5.41, 5.74) is 7.43. The van der Waals surface area contributed by atoms with Crippen molar-refractivity contribution in [2.24, 2.45) is 0 Å². The first-order valence-corrected chi connectivity index (χ1v) is 12.9. The van der Waals surface area contributed by atoms with Crippen LogP contribution in [0.15, 0.2) is 94.9 Å². The van der Waals surface area contributed by atoms with Gasteiger partial charge in [-0.3, -0.25) is 4.98 Å². The zero-order chi connectivity index (χ0) is 27.1. The third kappa shape index (κ3) is 4.62. The molecule has 198 valence electrons. The number of pyridine rings is 1. The second kappa shape index (κ2) is 9.66. The fraction of sp³-hybridized carbons (Fsp3) is 0.100. The number of para-hydroxylation sites is 1. The Morgan fingerprint density at radius 2 is 1.50 bits per heavy atom. The van der Waals surface area contributed by atoms with Gasteiger partial charge in [-0.15, -0.1) is 0 Å². The molecule has 0 aliphatic rings. The van der Waals surface area contributed by atoms with Gasteiger partial charge in [0.15, 0.2) is 0 Å². The van der Waals surface area contributed by atoms with Crippen molar-refractivity contribution in [1.82, 2.24) is 29.9 Å². The van der Waals surface area contributed by atoms with Gasteiger partial charge in [0.1, 0.15) is 12.4 Å². The largest absolute Gasteiger partial charge is 0.490 e. The van der Waals surface area contributed by atoms with E-state index in [0.717, 1.165) is 44.4 Å². The third-order valence-electron chi connectivity index (χ3n) is 7.04. The molecular weight excluding hydrogens is 506 g/mol. The number of ether oxygens (including phenoxy) is 1. The van der Waals surface area contributed by atoms with Gasteiger partial charge in [-0.2, -0.15) is 0 Å². The van der Waals surface area contributed by atoms with Gasteiger partial charge >= 0.3 is 11.4 Å². The molecule has 6 N–H and O–H groups in total. The molecule has 40 heavy (non-hydrogen) atoms. The van der Waals surface area contributed by atoms with E-state index in [1.165, 1.54) is 10.9 Å². The minimum Gasteiger partial charge on any atom is -0.490 e. The number of aromatic amines is 5. The quantitative estimate of drug-likeness (QED) is 0.169. The number of aromatic nitrogens is 6. The molecule has 7 rings (SSSR count). The van der Waals surface area contributed by atoms with Gasteiger partial charge < -0.3 is 35.0 Å². The van der Waals surface area contributed by atoms with Crippen LogP contribution in [0.2, 0.25) is 0 Å². The Morgan fingerprint density at radius 1 is 0.750 bits per heavy atom. The smallest absolute Gasteiger partial charge is 0.323 e. The van der Waals surface area contributed by atoms with Crippen LogP contribution in [0.4, 0.5) is 5.69 Å². The number of benzene rings is 3. The van der Waals surface area contributed by atoms with Crippen molar-refractivity contribution in [2.45, 2.75) is 12.5 Å². The maximum absolute atomic E-state index is 11.7. The van der Waals surface area contributed by atoms with E-state index in [1.807, 2.05) is 60.8 Å². The summed E-state index contributed by atoms with van der Waals surface area (Å²) in [6.45, 7) is 0.372. The van der Waals surface area contributed by atoms with E-state index in [4.69, 9.17) is 4.74 Å². The second-order valence-electron chi connectivity index (χ2n) is 9.80. The Balaban J connectivity index is 1.15. The molecule has 0 fully saturated rings. The van der Waals surface area contributed by atoms with Crippen molar-refractivity contribution >= 4 is 38.7 Å². The van der Waals surface area contributed by atoms with E-state index in [9.17, 15) is 9.59 Å². The van der Waals surface area contributed by atoms with Crippen LogP contribution >= 0.6 is 0 Å². The van der Waals surface area contributed by atoms with E-state index in [0.29, 0.717) is 18.8 Å². The van der Waals surface area contributed by atoms with Crippen molar-refractivity contribution in [3.8, 4) is 16.9 Å². The molecule has 3 aromatic carbocycles. The van der Waals surface area contributed by atoms with Gasteiger partial charge in [-0.05, 0) is 60.0 Å². The molecule has 0 radical (unpaired) electrons. The van der Waals surface area contributed by atoms with Crippen molar-refractivity contribution in [1.29, 1.82) is 0 Å². The Morgan fingerprint density at radius 3 is 2.35 bits per heavy atom. The summed E-state index contributed by atoms with van der Waals surface area (Å²) in [7, 11) is 0. The highest BCUT2D eigenvalue weighted by molar-refractivity contribution is 5.84. The van der Waals surface area contributed by atoms with Gasteiger partial charge in [-0.25, -0.2) is 9.59 Å². The molecular formula is C30H25N7O3. The average Bonchev–Trinajstić information content (AvgIpc) is 3.66. The van der Waals surface area contributed by atoms with E-state index >= 15 is 0 Å². The molecule has 0 unspecified atom stereocenters. The van der Waals surface area contributed by atoms with Crippen LogP contribution in [-0.4, -0.2) is 42.6 Å². The molecule has 7 aromatic rings. The summed E-state index contributed by atoms with van der Waals surface area (Å²) >= 11 is 0. The summed E-state index contributed by atoms with van der Waals surface area (Å²) in [5, 5.41) is 4.76. The van der Waals surface area contributed by atoms with Crippen molar-refractivity contribution < 1.29 is 4.74 Å². The lowest BCUT2D eigenvalue weighted by Gasteiger charge is -2.21. The van der Waals surface area contributed by atoms with Crippen LogP contribution in [0.5, 0.6) is 5.75 Å². The standard InChI is InChI=1S/C30H25N7O3/c38-29-34-25-7-5-17(11-27(25)36-29)18-10-22(15-31-13-18)40-16-21(9-19-14-32-24-4-2-1-3-23(19)24)33-20-6-8-26-28(12-20)37-30(39)35-26/h1-8,10-15,21,32-33H,9,16H2,(H2,34,36,38)(H2,35,37,39)/t21-/m0/s1. The van der Waals surface area contributed by atoms with Crippen molar-refractivity contribution in [2.75, 3.05) is 11.9 Å². The normalized spacial score (nSPS) is 12.3. The fourth-order valence-corrected chi connectivity index (χ4v) is 5.14. The highest BCUT2D eigenvalue weighted by atomic mass is 16.5. The number of fused-ring (bicyclic) bond motifs is 3. The molecule has 0 saturated carbocycles. The molecule has 0 spiro atoms. The van der Waals surface area contributed by atoms with Crippen LogP contribution in [0.25, 0.3) is 44.1 Å². The first-order chi connectivity index (χ1) is 19.6. The molecule has 0 saturated heterocycles. The number of anilines is 1. The Bertz CT molecular complexity index is 2100. The predicted molar refractivity (Wildman–Crippen MR) is 156 cm³/mol. The molecule has 0 amide bonds. The van der Waals surface area contributed by atoms with Crippen LogP contribution in [-0.2, 0) is 6.42 Å². The number of hydrogen-bond acceptors (Lipinski definition) is 5. The summed E-state index contributed by atoms with van der Waals surface area (Å²) in [6.07, 6.45) is 6.21. The summed E-state index contributed by atoms with van der Waals surface area (Å²) in [4.78, 5) is 42.3. The predicted octanol–water partition coefficient (Wildman–Crippen LogP) is 4.67. The molecule has 4 aromatic heterocycles. The number of imidazole rings is 2. The maximum Gasteiger partial charge on any atom is 0.323 e. The summed E-state index contributed by atoms with van der Waals surface area (Å²) < 4.78 is 6.28. The number of H-pyrrole nitrogens is 5. The topological polar surface area (TPSA) is 147 Å². The van der Waals surface area contributed by atoms with Crippen LogP contribution in [0.1, 0.15) is 5.56 Å². The highest BCUT2D eigenvalue weighted by Gasteiger charge is 2.15. The van der Waals surface area contributed by atoms with Crippen molar-refractivity contribution in [3.05, 3.63) is 112 Å². The first-order valence-electron chi connectivity index (χ1n) is 12.9. The van der Waals surface area contributed by atoms with Crippen molar-refractivity contribution in [3.63, 3.8) is 0 Å². The van der Waals surface area contributed by atoms with E-state index in [2.05, 4.69) is 47.4 Å². The monoisotopic (exact) mass is 531 g/mol. The Kier molecular flexibility index (Phi) is 5.70. The molecule has 10 nitrogen and oxygen atoms in total. The number of rotatable bonds is 8. The van der Waals surface area contributed by atoms with Gasteiger partial charge in [0, 0.05) is 34.5 Å². The summed E-state index contributed by atoms with van der Waals surface area (Å²) in [5.74, 6) is 0.635. The van der Waals surface area contributed by atoms with Crippen LogP contribution in [0.3, 0.4) is 0 Å². The first kappa shape index (κ1) is 23.6. The SMILES string of the molecule is O=c1[nH]c2ccc(N[C@H](COc3cncc(-c4ccc5[nH]c(=O)[nH]c5c4)c3)Cc3c[nH]c4ccccc34)cc2[nH]1. The lowest BCUT2D eigenvalue weighted by Crippen LogP contribution is -2.29. The lowest BCUT2D eigenvalue weighted by molar-refractivity contribution is 0.295. The van der Waals surface area contributed by atoms with Gasteiger partial charge in [-0.1, -0.05) is 24.3 Å². The third-order valence-corrected chi connectivity index (χ3v) is 7.04.